The van der Waals surface area contributed by atoms with E-state index in [9.17, 15) is 0 Å². The second-order valence-corrected chi connectivity index (χ2v) is 13.3. The minimum Gasteiger partial charge on any atom is -0.264 e. The highest BCUT2D eigenvalue weighted by Gasteiger charge is 2.16. The molecule has 0 aliphatic heterocycles. The van der Waals surface area contributed by atoms with Crippen LogP contribution in [0.4, 0.5) is 0 Å². The van der Waals surface area contributed by atoms with Crippen molar-refractivity contribution in [3.05, 3.63) is 189 Å². The van der Waals surface area contributed by atoms with Gasteiger partial charge in [-0.1, -0.05) is 121 Å². The molecule has 0 N–H and O–H groups in total. The zero-order valence-electron chi connectivity index (χ0n) is 28.2. The number of hydrogen-bond donors (Lipinski definition) is 0. The molecule has 0 bridgehead atoms. The number of aromatic nitrogens is 3. The summed E-state index contributed by atoms with van der Waals surface area (Å²) in [5, 5.41) is 9.32. The summed E-state index contributed by atoms with van der Waals surface area (Å²) < 4.78 is 0. The van der Waals surface area contributed by atoms with Gasteiger partial charge in [-0.2, -0.15) is 0 Å². The first kappa shape index (κ1) is 29.9. The topological polar surface area (TPSA) is 38.7 Å². The lowest BCUT2D eigenvalue weighted by atomic mass is 9.89. The maximum Gasteiger partial charge on any atom is 0.0721 e. The second-order valence-electron chi connectivity index (χ2n) is 13.3. The van der Waals surface area contributed by atoms with Crippen LogP contribution in [0, 0.1) is 0 Å². The highest BCUT2D eigenvalue weighted by atomic mass is 14.7. The van der Waals surface area contributed by atoms with Crippen molar-refractivity contribution in [1.29, 1.82) is 0 Å². The summed E-state index contributed by atoms with van der Waals surface area (Å²) >= 11 is 0. The molecule has 0 unspecified atom stereocenters. The summed E-state index contributed by atoms with van der Waals surface area (Å²) in [6, 6.07) is 58.8. The van der Waals surface area contributed by atoms with E-state index < -0.39 is 0 Å². The molecule has 0 aliphatic rings. The molecule has 0 atom stereocenters. The Morgan fingerprint density at radius 2 is 0.673 bits per heavy atom. The Labute approximate surface area is 301 Å². The van der Waals surface area contributed by atoms with Gasteiger partial charge < -0.3 is 0 Å². The largest absolute Gasteiger partial charge is 0.264 e. The molecule has 3 heterocycles. The van der Waals surface area contributed by atoms with E-state index in [-0.39, 0.29) is 0 Å². The lowest BCUT2D eigenvalue weighted by molar-refractivity contribution is 1.33. The van der Waals surface area contributed by atoms with Gasteiger partial charge in [0, 0.05) is 46.7 Å². The Kier molecular flexibility index (Phi) is 7.14. The third kappa shape index (κ3) is 5.19. The zero-order valence-corrected chi connectivity index (χ0v) is 28.2. The van der Waals surface area contributed by atoms with Crippen LogP contribution in [0.2, 0.25) is 0 Å². The molecule has 0 spiro atoms. The van der Waals surface area contributed by atoms with Crippen molar-refractivity contribution >= 4 is 43.1 Å². The van der Waals surface area contributed by atoms with Gasteiger partial charge in [-0.3, -0.25) is 9.97 Å². The fourth-order valence-electron chi connectivity index (χ4n) is 7.72. The molecule has 242 valence electrons. The van der Waals surface area contributed by atoms with Crippen molar-refractivity contribution in [3.8, 4) is 55.9 Å². The molecule has 0 amide bonds. The van der Waals surface area contributed by atoms with Crippen LogP contribution in [0.5, 0.6) is 0 Å². The summed E-state index contributed by atoms with van der Waals surface area (Å²) in [6.07, 6.45) is 7.64. The minimum absolute atomic E-state index is 0.941. The van der Waals surface area contributed by atoms with Crippen molar-refractivity contribution in [3.63, 3.8) is 0 Å². The second kappa shape index (κ2) is 12.4. The Morgan fingerprint density at radius 1 is 0.288 bits per heavy atom. The van der Waals surface area contributed by atoms with Gasteiger partial charge in [-0.25, -0.2) is 4.98 Å². The molecule has 3 aromatic heterocycles. The van der Waals surface area contributed by atoms with Gasteiger partial charge in [0.15, 0.2) is 0 Å². The molecule has 0 fully saturated rings. The number of nitrogens with zero attached hydrogens (tertiary/aromatic N) is 3. The lowest BCUT2D eigenvalue weighted by Gasteiger charge is -2.16. The Hall–Kier alpha value is -6.97. The van der Waals surface area contributed by atoms with Crippen LogP contribution in [-0.2, 0) is 0 Å². The van der Waals surface area contributed by atoms with Gasteiger partial charge >= 0.3 is 0 Å². The number of benzene rings is 7. The van der Waals surface area contributed by atoms with E-state index in [1.54, 1.807) is 0 Å². The minimum atomic E-state index is 0.941. The van der Waals surface area contributed by atoms with Crippen LogP contribution < -0.4 is 0 Å². The van der Waals surface area contributed by atoms with E-state index in [1.807, 2.05) is 24.8 Å². The summed E-state index contributed by atoms with van der Waals surface area (Å²) in [5.74, 6) is 0. The maximum absolute atomic E-state index is 5.43. The Bertz CT molecular complexity index is 2560. The van der Waals surface area contributed by atoms with Gasteiger partial charge in [-0.05, 0) is 108 Å². The molecule has 0 saturated heterocycles. The van der Waals surface area contributed by atoms with Crippen LogP contribution in [0.15, 0.2) is 189 Å². The van der Waals surface area contributed by atoms with E-state index in [4.69, 9.17) is 4.98 Å². The van der Waals surface area contributed by atoms with Crippen LogP contribution in [0.3, 0.4) is 0 Å². The van der Waals surface area contributed by atoms with E-state index in [0.29, 0.717) is 0 Å². The number of hydrogen-bond acceptors (Lipinski definition) is 3. The Balaban J connectivity index is 1.28. The predicted molar refractivity (Wildman–Crippen MR) is 217 cm³/mol. The van der Waals surface area contributed by atoms with E-state index >= 15 is 0 Å². The average molecular weight is 662 g/mol. The van der Waals surface area contributed by atoms with Crippen molar-refractivity contribution < 1.29 is 0 Å². The predicted octanol–water partition coefficient (Wildman–Crippen LogP) is 12.8. The van der Waals surface area contributed by atoms with E-state index in [2.05, 4.69) is 174 Å². The molecule has 0 radical (unpaired) electrons. The first-order valence-electron chi connectivity index (χ1n) is 17.6. The van der Waals surface area contributed by atoms with Crippen LogP contribution in [0.25, 0.3) is 99.0 Å². The molecule has 0 aliphatic carbocycles. The van der Waals surface area contributed by atoms with Crippen LogP contribution in [0.1, 0.15) is 0 Å². The maximum atomic E-state index is 5.43. The molecule has 3 nitrogen and oxygen atoms in total. The van der Waals surface area contributed by atoms with E-state index in [1.165, 1.54) is 43.4 Å². The van der Waals surface area contributed by atoms with Crippen molar-refractivity contribution in [1.82, 2.24) is 15.0 Å². The molecule has 52 heavy (non-hydrogen) atoms. The Morgan fingerprint density at radius 3 is 1.19 bits per heavy atom. The van der Waals surface area contributed by atoms with Crippen LogP contribution >= 0.6 is 0 Å². The number of fused-ring (bicyclic) bond motifs is 4. The quantitative estimate of drug-likeness (QED) is 0.184. The normalized spacial score (nSPS) is 11.5. The van der Waals surface area contributed by atoms with Gasteiger partial charge in [0.05, 0.1) is 11.4 Å². The van der Waals surface area contributed by atoms with Crippen molar-refractivity contribution in [2.75, 3.05) is 0 Å². The number of rotatable bonds is 5. The van der Waals surface area contributed by atoms with E-state index in [0.717, 1.165) is 55.5 Å². The highest BCUT2D eigenvalue weighted by Crippen LogP contribution is 2.41. The zero-order chi connectivity index (χ0) is 34.4. The average Bonchev–Trinajstić information content (AvgIpc) is 3.22. The fraction of sp³-hybridized carbons (Fsp3) is 0. The van der Waals surface area contributed by atoms with Crippen molar-refractivity contribution in [2.24, 2.45) is 0 Å². The fourth-order valence-corrected chi connectivity index (χ4v) is 7.72. The summed E-state index contributed by atoms with van der Waals surface area (Å²) in [4.78, 5) is 14.3. The lowest BCUT2D eigenvalue weighted by Crippen LogP contribution is -1.94. The smallest absolute Gasteiger partial charge is 0.0721 e. The van der Waals surface area contributed by atoms with Gasteiger partial charge in [0.2, 0.25) is 0 Å². The summed E-state index contributed by atoms with van der Waals surface area (Å²) in [6.45, 7) is 0. The van der Waals surface area contributed by atoms with Gasteiger partial charge in [-0.15, -0.1) is 0 Å². The standard InChI is InChI=1S/C49H31N3/c1-3-15-40-32(9-1)11-5-19-46(40)48-28-37(29-49(52-48)47-20-6-12-33-10-2-4-16-41(33)47)36-25-38(42-17-7-13-34-30-50-23-21-44(34)42)27-39(26-36)43-18-8-14-35-31-51-24-22-45(35)43/h1-31H. The third-order valence-electron chi connectivity index (χ3n) is 10.2. The van der Waals surface area contributed by atoms with Crippen molar-refractivity contribution in [2.45, 2.75) is 0 Å². The summed E-state index contributed by atoms with van der Waals surface area (Å²) in [7, 11) is 0. The molecule has 0 saturated carbocycles. The van der Waals surface area contributed by atoms with Gasteiger partial charge in [0.1, 0.15) is 0 Å². The molecule has 7 aromatic carbocycles. The highest BCUT2D eigenvalue weighted by molar-refractivity contribution is 6.03. The molecule has 3 heteroatoms. The van der Waals surface area contributed by atoms with Gasteiger partial charge in [0.25, 0.3) is 0 Å². The SMILES string of the molecule is c1cc(-c2cc(-c3cc(-c4cccc5ccccc45)nc(-c4cccc5ccccc45)c3)cc(-c3cccc4cnccc34)c2)c2ccncc2c1. The molecular weight excluding hydrogens is 631 g/mol. The molecular formula is C49H31N3. The number of pyridine rings is 3. The monoisotopic (exact) mass is 661 g/mol. The summed E-state index contributed by atoms with van der Waals surface area (Å²) in [5.41, 5.74) is 11.0. The third-order valence-corrected chi connectivity index (χ3v) is 10.2. The molecule has 10 rings (SSSR count). The van der Waals surface area contributed by atoms with Crippen LogP contribution in [-0.4, -0.2) is 15.0 Å². The molecule has 10 aromatic rings. The first-order chi connectivity index (χ1) is 25.8. The first-order valence-corrected chi connectivity index (χ1v) is 17.6.